The summed E-state index contributed by atoms with van der Waals surface area (Å²) in [5.41, 5.74) is 0. The number of carbonyl (C=O) groups is 1. The van der Waals surface area contributed by atoms with Crippen LogP contribution in [0.2, 0.25) is 0 Å². The van der Waals surface area contributed by atoms with Gasteiger partial charge in [0.25, 0.3) is 0 Å². The van der Waals surface area contributed by atoms with Crippen LogP contribution in [0.15, 0.2) is 17.6 Å². The molecule has 0 saturated carbocycles. The van der Waals surface area contributed by atoms with Gasteiger partial charge in [-0.25, -0.2) is 0 Å². The van der Waals surface area contributed by atoms with E-state index < -0.39 is 0 Å². The maximum atomic E-state index is 10.5. The van der Waals surface area contributed by atoms with Crippen molar-refractivity contribution in [3.8, 4) is 0 Å². The molecule has 9 heavy (non-hydrogen) atoms. The molecule has 0 spiro atoms. The van der Waals surface area contributed by atoms with Crippen LogP contribution in [0.3, 0.4) is 0 Å². The Hall–Kier alpha value is -1.12. The smallest absolute Gasteiger partial charge is 0.314 e. The second-order valence-electron chi connectivity index (χ2n) is 1.65. The van der Waals surface area contributed by atoms with E-state index in [1.807, 2.05) is 0 Å². The number of hydrogen-bond acceptors (Lipinski definition) is 3. The summed E-state index contributed by atoms with van der Waals surface area (Å²) in [7, 11) is 0. The highest BCUT2D eigenvalue weighted by Crippen LogP contribution is 1.98. The lowest BCUT2D eigenvalue weighted by Gasteiger charge is -2.06. The maximum absolute atomic E-state index is 10.5. The van der Waals surface area contributed by atoms with Gasteiger partial charge in [0.15, 0.2) is 0 Å². The van der Waals surface area contributed by atoms with E-state index in [-0.39, 0.29) is 5.97 Å². The monoisotopic (exact) mass is 125 g/mol. The van der Waals surface area contributed by atoms with Crippen molar-refractivity contribution in [2.75, 3.05) is 6.54 Å². The lowest BCUT2D eigenvalue weighted by molar-refractivity contribution is -0.135. The number of nitrogens with zero attached hydrogens (tertiary/aromatic N) is 1. The summed E-state index contributed by atoms with van der Waals surface area (Å²) in [5.74, 6) is 0.117. The zero-order chi connectivity index (χ0) is 6.69. The molecule has 3 nitrogen and oxygen atoms in total. The number of esters is 1. The average molecular weight is 125 g/mol. The summed E-state index contributed by atoms with van der Waals surface area (Å²) in [6, 6.07) is 0. The molecule has 0 saturated heterocycles. The highest BCUT2D eigenvalue weighted by atomic mass is 16.5. The van der Waals surface area contributed by atoms with Gasteiger partial charge in [-0.05, 0) is 6.08 Å². The predicted octanol–water partition coefficient (Wildman–Crippen LogP) is 0.518. The van der Waals surface area contributed by atoms with Gasteiger partial charge in [0, 0.05) is 0 Å². The molecule has 0 N–H and O–H groups in total. The minimum Gasteiger partial charge on any atom is -0.408 e. The van der Waals surface area contributed by atoms with Crippen molar-refractivity contribution in [2.24, 2.45) is 4.99 Å². The van der Waals surface area contributed by atoms with Gasteiger partial charge in [-0.15, -0.1) is 0 Å². The fraction of sp³-hybridized carbons (Fsp3) is 0.333. The molecule has 0 aromatic rings. The molecule has 1 aliphatic rings. The zero-order valence-electron chi connectivity index (χ0n) is 4.96. The molecule has 0 aromatic carbocycles. The van der Waals surface area contributed by atoms with E-state index in [4.69, 9.17) is 0 Å². The first-order valence-corrected chi connectivity index (χ1v) is 2.70. The van der Waals surface area contributed by atoms with E-state index >= 15 is 0 Å². The number of carbonyl (C=O) groups excluding carboxylic acids is 1. The third kappa shape index (κ3) is 1.38. The number of rotatable bonds is 1. The molecule has 1 rings (SSSR count). The molecule has 48 valence electrons. The Morgan fingerprint density at radius 3 is 3.00 bits per heavy atom. The molecule has 1 aliphatic heterocycles. The van der Waals surface area contributed by atoms with E-state index in [2.05, 4.69) is 16.3 Å². The summed E-state index contributed by atoms with van der Waals surface area (Å²) in [5, 5.41) is 0. The summed E-state index contributed by atoms with van der Waals surface area (Å²) in [6.07, 6.45) is 1.81. The summed E-state index contributed by atoms with van der Waals surface area (Å²) in [4.78, 5) is 14.3. The predicted molar refractivity (Wildman–Crippen MR) is 33.2 cm³/mol. The van der Waals surface area contributed by atoms with E-state index in [0.717, 1.165) is 0 Å². The van der Waals surface area contributed by atoms with Gasteiger partial charge in [-0.3, -0.25) is 9.79 Å². The molecule has 0 aliphatic carbocycles. The minimum absolute atomic E-state index is 0.222. The van der Waals surface area contributed by atoms with Crippen molar-refractivity contribution < 1.29 is 9.53 Å². The molecule has 0 aromatic heterocycles. The fourth-order valence-electron chi connectivity index (χ4n) is 0.564. The minimum atomic E-state index is -0.222. The van der Waals surface area contributed by atoms with Crippen molar-refractivity contribution in [1.82, 2.24) is 0 Å². The Balaban J connectivity index is 2.63. The maximum Gasteiger partial charge on any atom is 0.314 e. The Kier molecular flexibility index (Phi) is 1.63. The van der Waals surface area contributed by atoms with Crippen molar-refractivity contribution in [3.05, 3.63) is 12.7 Å². The number of hydrogen-bond donors (Lipinski definition) is 0. The third-order valence-corrected chi connectivity index (χ3v) is 0.977. The van der Waals surface area contributed by atoms with Crippen LogP contribution in [0.4, 0.5) is 0 Å². The van der Waals surface area contributed by atoms with Crippen LogP contribution in [0.5, 0.6) is 0 Å². The zero-order valence-corrected chi connectivity index (χ0v) is 4.96. The molecular weight excluding hydrogens is 118 g/mol. The van der Waals surface area contributed by atoms with Crippen LogP contribution >= 0.6 is 0 Å². The quantitative estimate of drug-likeness (QED) is 0.479. The van der Waals surface area contributed by atoms with Crippen LogP contribution in [0.1, 0.15) is 6.42 Å². The summed E-state index contributed by atoms with van der Waals surface area (Å²) in [6.45, 7) is 3.94. The van der Waals surface area contributed by atoms with Crippen LogP contribution in [-0.4, -0.2) is 18.4 Å². The highest BCUT2D eigenvalue weighted by Gasteiger charge is 2.09. The Morgan fingerprint density at radius 2 is 2.56 bits per heavy atom. The van der Waals surface area contributed by atoms with Crippen LogP contribution in [0.25, 0.3) is 0 Å². The molecule has 1 heterocycles. The Labute approximate surface area is 53.0 Å². The number of cyclic esters (lactones) is 1. The first-order chi connectivity index (χ1) is 4.33. The average Bonchev–Trinajstić information content (AvgIpc) is 1.88. The molecule has 0 bridgehead atoms. The normalized spacial score (nSPS) is 18.2. The van der Waals surface area contributed by atoms with Gasteiger partial charge in [-0.2, -0.15) is 0 Å². The Morgan fingerprint density at radius 1 is 1.78 bits per heavy atom. The molecule has 0 fully saturated rings. The van der Waals surface area contributed by atoms with Crippen LogP contribution in [0, 0.1) is 0 Å². The fourth-order valence-corrected chi connectivity index (χ4v) is 0.564. The molecule has 0 radical (unpaired) electrons. The molecular formula is C6H7NO2. The van der Waals surface area contributed by atoms with Gasteiger partial charge in [0.1, 0.15) is 0 Å². The van der Waals surface area contributed by atoms with Crippen molar-refractivity contribution >= 4 is 11.9 Å². The lowest BCUT2D eigenvalue weighted by Crippen LogP contribution is -2.16. The first-order valence-electron chi connectivity index (χ1n) is 2.70. The standard InChI is InChI=1S/C6H7NO2/c1-2-5-7-4-3-6(8)9-5/h2H,1,3-4H2. The molecule has 0 unspecified atom stereocenters. The summed E-state index contributed by atoms with van der Waals surface area (Å²) < 4.78 is 4.63. The third-order valence-electron chi connectivity index (χ3n) is 0.977. The second-order valence-corrected chi connectivity index (χ2v) is 1.65. The highest BCUT2D eigenvalue weighted by molar-refractivity contribution is 5.97. The number of ether oxygens (including phenoxy) is 1. The van der Waals surface area contributed by atoms with Crippen molar-refractivity contribution in [3.63, 3.8) is 0 Å². The number of aliphatic imine (C=N–C) groups is 1. The second kappa shape index (κ2) is 2.44. The molecule has 0 atom stereocenters. The van der Waals surface area contributed by atoms with Crippen LogP contribution < -0.4 is 0 Å². The van der Waals surface area contributed by atoms with E-state index in [0.29, 0.717) is 18.9 Å². The van der Waals surface area contributed by atoms with E-state index in [1.54, 1.807) is 0 Å². The first kappa shape index (κ1) is 6.01. The van der Waals surface area contributed by atoms with E-state index in [9.17, 15) is 4.79 Å². The summed E-state index contributed by atoms with van der Waals surface area (Å²) >= 11 is 0. The molecule has 3 heteroatoms. The van der Waals surface area contributed by atoms with Gasteiger partial charge < -0.3 is 4.74 Å². The van der Waals surface area contributed by atoms with Gasteiger partial charge >= 0.3 is 5.97 Å². The van der Waals surface area contributed by atoms with Gasteiger partial charge in [-0.1, -0.05) is 6.58 Å². The largest absolute Gasteiger partial charge is 0.408 e. The van der Waals surface area contributed by atoms with Gasteiger partial charge in [0.2, 0.25) is 5.90 Å². The van der Waals surface area contributed by atoms with Gasteiger partial charge in [0.05, 0.1) is 13.0 Å². The van der Waals surface area contributed by atoms with Crippen molar-refractivity contribution in [2.45, 2.75) is 6.42 Å². The van der Waals surface area contributed by atoms with Crippen molar-refractivity contribution in [1.29, 1.82) is 0 Å². The Bertz CT molecular complexity index is 172. The molecule has 0 amide bonds. The van der Waals surface area contributed by atoms with E-state index in [1.165, 1.54) is 6.08 Å². The van der Waals surface area contributed by atoms with Crippen LogP contribution in [-0.2, 0) is 9.53 Å². The topological polar surface area (TPSA) is 38.7 Å². The SMILES string of the molecule is C=CC1=NCCC(=O)O1. The lowest BCUT2D eigenvalue weighted by atomic mass is 10.4.